The van der Waals surface area contributed by atoms with Crippen LogP contribution in [0.2, 0.25) is 5.15 Å². The molecule has 0 unspecified atom stereocenters. The molecule has 1 aliphatic heterocycles. The van der Waals surface area contributed by atoms with Crippen molar-refractivity contribution in [2.45, 2.75) is 13.1 Å². The first kappa shape index (κ1) is 14.0. The second-order valence-corrected chi connectivity index (χ2v) is 5.67. The van der Waals surface area contributed by atoms with E-state index >= 15 is 0 Å². The summed E-state index contributed by atoms with van der Waals surface area (Å²) in [5, 5.41) is 8.99. The highest BCUT2D eigenvalue weighted by Gasteiger charge is 2.23. The van der Waals surface area contributed by atoms with Crippen molar-refractivity contribution in [2.24, 2.45) is 0 Å². The molecule has 1 aromatic carbocycles. The molecule has 0 bridgehead atoms. The van der Waals surface area contributed by atoms with E-state index in [2.05, 4.69) is 29.6 Å². The molecule has 7 nitrogen and oxygen atoms in total. The van der Waals surface area contributed by atoms with Gasteiger partial charge in [-0.1, -0.05) is 41.9 Å². The monoisotopic (exact) mass is 327 g/mol. The van der Waals surface area contributed by atoms with E-state index < -0.39 is 0 Å². The molecule has 3 aromatic rings. The molecule has 0 amide bonds. The topological polar surface area (TPSA) is 85.8 Å². The van der Waals surface area contributed by atoms with Crippen LogP contribution in [-0.2, 0) is 13.1 Å². The van der Waals surface area contributed by atoms with Crippen molar-refractivity contribution in [3.8, 4) is 11.4 Å². The molecular formula is C15H14ClN7. The van der Waals surface area contributed by atoms with Gasteiger partial charge in [0.25, 0.3) is 0 Å². The summed E-state index contributed by atoms with van der Waals surface area (Å²) in [6.07, 6.45) is 0. The van der Waals surface area contributed by atoms with Gasteiger partial charge in [0, 0.05) is 24.7 Å². The van der Waals surface area contributed by atoms with Gasteiger partial charge in [0.15, 0.2) is 11.6 Å². The van der Waals surface area contributed by atoms with Crippen molar-refractivity contribution < 1.29 is 0 Å². The normalized spacial score (nSPS) is 13.9. The molecule has 116 valence electrons. The molecule has 2 N–H and O–H groups in total. The summed E-state index contributed by atoms with van der Waals surface area (Å²) in [4.78, 5) is 10.2. The Morgan fingerprint density at radius 1 is 1.04 bits per heavy atom. The van der Waals surface area contributed by atoms with Crippen LogP contribution in [-0.4, -0.2) is 31.3 Å². The molecule has 0 saturated carbocycles. The molecule has 0 fully saturated rings. The average molecular weight is 328 g/mol. The number of aromatic nitrogens is 5. The molecule has 23 heavy (non-hydrogen) atoms. The van der Waals surface area contributed by atoms with Gasteiger partial charge in [-0.05, 0) is 0 Å². The lowest BCUT2D eigenvalue weighted by Gasteiger charge is -2.28. The minimum atomic E-state index is 0.171. The Morgan fingerprint density at radius 3 is 2.65 bits per heavy atom. The van der Waals surface area contributed by atoms with Gasteiger partial charge in [-0.3, -0.25) is 0 Å². The minimum absolute atomic E-state index is 0.171. The lowest BCUT2D eigenvalue weighted by Crippen LogP contribution is -2.34. The van der Waals surface area contributed by atoms with Gasteiger partial charge in [-0.25, -0.2) is 4.98 Å². The summed E-state index contributed by atoms with van der Waals surface area (Å²) in [7, 11) is 0. The van der Waals surface area contributed by atoms with E-state index in [-0.39, 0.29) is 5.95 Å². The lowest BCUT2D eigenvalue weighted by atomic mass is 10.2. The largest absolute Gasteiger partial charge is 0.368 e. The summed E-state index contributed by atoms with van der Waals surface area (Å²) >= 11 is 5.96. The maximum absolute atomic E-state index is 5.96. The van der Waals surface area contributed by atoms with Crippen LogP contribution >= 0.6 is 11.6 Å². The van der Waals surface area contributed by atoms with Crippen molar-refractivity contribution in [1.29, 1.82) is 0 Å². The highest BCUT2D eigenvalue weighted by atomic mass is 35.5. The minimum Gasteiger partial charge on any atom is -0.368 e. The zero-order valence-electron chi connectivity index (χ0n) is 12.2. The summed E-state index contributed by atoms with van der Waals surface area (Å²) in [6, 6.07) is 11.8. The molecule has 0 atom stereocenters. The Labute approximate surface area is 137 Å². The van der Waals surface area contributed by atoms with Crippen molar-refractivity contribution in [3.63, 3.8) is 0 Å². The van der Waals surface area contributed by atoms with E-state index in [9.17, 15) is 0 Å². The third kappa shape index (κ3) is 2.59. The third-order valence-corrected chi connectivity index (χ3v) is 4.00. The molecule has 0 aliphatic carbocycles. The predicted octanol–water partition coefficient (Wildman–Crippen LogP) is 1.99. The number of rotatable bonds is 2. The maximum atomic E-state index is 5.96. The SMILES string of the molecule is Nc1nc(Cl)cc(N2CCn3c(nnc3-c3ccccc3)C2)n1. The molecule has 0 spiro atoms. The van der Waals surface area contributed by atoms with Crippen molar-refractivity contribution in [2.75, 3.05) is 17.2 Å². The van der Waals surface area contributed by atoms with Gasteiger partial charge in [-0.2, -0.15) is 4.98 Å². The number of nitrogens with two attached hydrogens (primary N) is 1. The molecule has 3 heterocycles. The van der Waals surface area contributed by atoms with E-state index in [1.165, 1.54) is 0 Å². The molecule has 4 rings (SSSR count). The van der Waals surface area contributed by atoms with Crippen LogP contribution in [0.5, 0.6) is 0 Å². The molecule has 8 heteroatoms. The van der Waals surface area contributed by atoms with E-state index in [1.54, 1.807) is 6.07 Å². The van der Waals surface area contributed by atoms with E-state index in [0.717, 1.165) is 30.3 Å². The van der Waals surface area contributed by atoms with Gasteiger partial charge < -0.3 is 15.2 Å². The second kappa shape index (κ2) is 5.51. The second-order valence-electron chi connectivity index (χ2n) is 5.29. The number of nitrogen functional groups attached to an aromatic ring is 1. The Kier molecular flexibility index (Phi) is 3.34. The van der Waals surface area contributed by atoms with Crippen LogP contribution in [0.4, 0.5) is 11.8 Å². The van der Waals surface area contributed by atoms with Gasteiger partial charge in [0.1, 0.15) is 11.0 Å². The summed E-state index contributed by atoms with van der Waals surface area (Å²) in [6.45, 7) is 2.15. The summed E-state index contributed by atoms with van der Waals surface area (Å²) in [5.74, 6) is 2.66. The fraction of sp³-hybridized carbons (Fsp3) is 0.200. The Hall–Kier alpha value is -2.67. The number of hydrogen-bond acceptors (Lipinski definition) is 6. The van der Waals surface area contributed by atoms with Crippen molar-refractivity contribution >= 4 is 23.4 Å². The molecule has 2 aromatic heterocycles. The average Bonchev–Trinajstić information content (AvgIpc) is 2.98. The van der Waals surface area contributed by atoms with Crippen LogP contribution in [0.25, 0.3) is 11.4 Å². The number of hydrogen-bond donors (Lipinski definition) is 1. The Balaban J connectivity index is 1.65. The molecule has 0 saturated heterocycles. The van der Waals surface area contributed by atoms with Crippen LogP contribution in [0.15, 0.2) is 36.4 Å². The molecule has 1 aliphatic rings. The number of nitrogens with zero attached hydrogens (tertiary/aromatic N) is 6. The van der Waals surface area contributed by atoms with Crippen LogP contribution in [0.1, 0.15) is 5.82 Å². The number of benzene rings is 1. The number of fused-ring (bicyclic) bond motifs is 1. The number of anilines is 2. The maximum Gasteiger partial charge on any atom is 0.223 e. The van der Waals surface area contributed by atoms with Crippen molar-refractivity contribution in [1.82, 2.24) is 24.7 Å². The zero-order chi connectivity index (χ0) is 15.8. The Bertz CT molecular complexity index is 826. The first-order valence-electron chi connectivity index (χ1n) is 7.23. The molecule has 0 radical (unpaired) electrons. The van der Waals surface area contributed by atoms with Gasteiger partial charge >= 0.3 is 0 Å². The van der Waals surface area contributed by atoms with Crippen LogP contribution < -0.4 is 10.6 Å². The standard InChI is InChI=1S/C15H14ClN7/c16-11-8-12(19-15(17)18-11)22-6-7-23-13(9-22)20-21-14(23)10-4-2-1-3-5-10/h1-5,8H,6-7,9H2,(H2,17,18,19). The van der Waals surface area contributed by atoms with Gasteiger partial charge in [0.05, 0.1) is 6.54 Å². The van der Waals surface area contributed by atoms with E-state index in [0.29, 0.717) is 17.5 Å². The summed E-state index contributed by atoms with van der Waals surface area (Å²) < 4.78 is 2.14. The van der Waals surface area contributed by atoms with E-state index in [4.69, 9.17) is 17.3 Å². The first-order valence-corrected chi connectivity index (χ1v) is 7.61. The van der Waals surface area contributed by atoms with Crippen LogP contribution in [0.3, 0.4) is 0 Å². The summed E-state index contributed by atoms with van der Waals surface area (Å²) in [5.41, 5.74) is 6.74. The first-order chi connectivity index (χ1) is 11.2. The third-order valence-electron chi connectivity index (χ3n) is 3.81. The fourth-order valence-electron chi connectivity index (χ4n) is 2.74. The van der Waals surface area contributed by atoms with Gasteiger partial charge in [0.2, 0.25) is 5.95 Å². The quantitative estimate of drug-likeness (QED) is 0.724. The van der Waals surface area contributed by atoms with E-state index in [1.807, 2.05) is 30.3 Å². The molecular weight excluding hydrogens is 314 g/mol. The van der Waals surface area contributed by atoms with Gasteiger partial charge in [-0.15, -0.1) is 10.2 Å². The Morgan fingerprint density at radius 2 is 1.87 bits per heavy atom. The zero-order valence-corrected chi connectivity index (χ0v) is 13.0. The van der Waals surface area contributed by atoms with Crippen molar-refractivity contribution in [3.05, 3.63) is 47.4 Å². The highest BCUT2D eigenvalue weighted by molar-refractivity contribution is 6.29. The lowest BCUT2D eigenvalue weighted by molar-refractivity contribution is 0.559. The highest BCUT2D eigenvalue weighted by Crippen LogP contribution is 2.25. The fourth-order valence-corrected chi connectivity index (χ4v) is 2.92. The number of halogens is 1. The smallest absolute Gasteiger partial charge is 0.223 e. The van der Waals surface area contributed by atoms with Crippen LogP contribution in [0, 0.1) is 0 Å². The predicted molar refractivity (Wildman–Crippen MR) is 88.0 cm³/mol.